The first-order chi connectivity index (χ1) is 15.8. The lowest BCUT2D eigenvalue weighted by molar-refractivity contribution is -0.128. The highest BCUT2D eigenvalue weighted by Crippen LogP contribution is 2.24. The van der Waals surface area contributed by atoms with E-state index in [1.165, 1.54) is 6.20 Å². The van der Waals surface area contributed by atoms with Gasteiger partial charge < -0.3 is 9.47 Å². The molecule has 2 amide bonds. The normalized spacial score (nSPS) is 11.7. The number of halogens is 1. The minimum Gasteiger partial charge on any atom is -0.494 e. The Morgan fingerprint density at radius 2 is 1.64 bits per heavy atom. The quantitative estimate of drug-likeness (QED) is 0.479. The Morgan fingerprint density at radius 3 is 2.24 bits per heavy atom. The van der Waals surface area contributed by atoms with Gasteiger partial charge in [0.05, 0.1) is 29.7 Å². The van der Waals surface area contributed by atoms with Crippen LogP contribution in [0.1, 0.15) is 49.7 Å². The maximum absolute atomic E-state index is 12.8. The van der Waals surface area contributed by atoms with Crippen LogP contribution in [0.25, 0.3) is 5.69 Å². The van der Waals surface area contributed by atoms with Crippen LogP contribution in [0.2, 0.25) is 5.02 Å². The van der Waals surface area contributed by atoms with Crippen molar-refractivity contribution in [1.82, 2.24) is 20.6 Å². The van der Waals surface area contributed by atoms with Crippen molar-refractivity contribution in [3.63, 3.8) is 0 Å². The Kier molecular flexibility index (Phi) is 7.95. The second kappa shape index (κ2) is 10.9. The minimum atomic E-state index is -0.829. The van der Waals surface area contributed by atoms with Gasteiger partial charge in [0.15, 0.2) is 6.10 Å². The van der Waals surface area contributed by atoms with Gasteiger partial charge in [0.2, 0.25) is 0 Å². The Balaban J connectivity index is 1.64. The van der Waals surface area contributed by atoms with E-state index < -0.39 is 17.9 Å². The van der Waals surface area contributed by atoms with Crippen LogP contribution in [0.15, 0.2) is 54.7 Å². The topological polar surface area (TPSA) is 94.5 Å². The van der Waals surface area contributed by atoms with Gasteiger partial charge >= 0.3 is 0 Å². The molecule has 0 aliphatic carbocycles. The van der Waals surface area contributed by atoms with Crippen LogP contribution in [-0.4, -0.2) is 34.3 Å². The van der Waals surface area contributed by atoms with Gasteiger partial charge in [0, 0.05) is 5.02 Å². The molecular formula is C24H27ClN4O4. The number of carbonyl (C=O) groups is 2. The summed E-state index contributed by atoms with van der Waals surface area (Å²) in [4.78, 5) is 25.2. The van der Waals surface area contributed by atoms with Crippen LogP contribution in [-0.2, 0) is 4.79 Å². The molecule has 8 nitrogen and oxygen atoms in total. The Bertz CT molecular complexity index is 1090. The summed E-state index contributed by atoms with van der Waals surface area (Å²) in [7, 11) is 0. The van der Waals surface area contributed by atoms with Gasteiger partial charge in [-0.3, -0.25) is 20.4 Å². The maximum atomic E-state index is 12.8. The van der Waals surface area contributed by atoms with Crippen molar-refractivity contribution in [1.29, 1.82) is 0 Å². The van der Waals surface area contributed by atoms with Crippen LogP contribution < -0.4 is 20.3 Å². The Labute approximate surface area is 197 Å². The number of hydrogen-bond acceptors (Lipinski definition) is 5. The van der Waals surface area contributed by atoms with Crippen molar-refractivity contribution >= 4 is 23.4 Å². The first-order valence-corrected chi connectivity index (χ1v) is 11.0. The van der Waals surface area contributed by atoms with Crippen molar-refractivity contribution in [2.45, 2.75) is 39.7 Å². The number of carbonyl (C=O) groups excluding carboxylic acids is 2. The summed E-state index contributed by atoms with van der Waals surface area (Å²) in [6, 6.07) is 14.1. The Morgan fingerprint density at radius 1 is 1.00 bits per heavy atom. The third-order valence-corrected chi connectivity index (χ3v) is 5.04. The fourth-order valence-electron chi connectivity index (χ4n) is 3.20. The summed E-state index contributed by atoms with van der Waals surface area (Å²) in [5.74, 6) is 0.267. The fourth-order valence-corrected chi connectivity index (χ4v) is 3.33. The minimum absolute atomic E-state index is 0.00143. The highest BCUT2D eigenvalue weighted by Gasteiger charge is 2.22. The number of ether oxygens (including phenoxy) is 2. The molecule has 9 heteroatoms. The summed E-state index contributed by atoms with van der Waals surface area (Å²) in [5.41, 5.74) is 6.71. The largest absolute Gasteiger partial charge is 0.494 e. The van der Waals surface area contributed by atoms with Crippen LogP contribution in [0.3, 0.4) is 0 Å². The highest BCUT2D eigenvalue weighted by molar-refractivity contribution is 6.30. The third kappa shape index (κ3) is 6.04. The van der Waals surface area contributed by atoms with Gasteiger partial charge in [-0.05, 0) is 68.3 Å². The van der Waals surface area contributed by atoms with E-state index in [2.05, 4.69) is 16.0 Å². The molecule has 1 unspecified atom stereocenters. The molecule has 0 fully saturated rings. The second-order valence-electron chi connectivity index (χ2n) is 7.59. The number of amides is 2. The summed E-state index contributed by atoms with van der Waals surface area (Å²) in [6.45, 7) is 7.99. The van der Waals surface area contributed by atoms with Gasteiger partial charge in [-0.15, -0.1) is 0 Å². The third-order valence-electron chi connectivity index (χ3n) is 4.79. The van der Waals surface area contributed by atoms with Gasteiger partial charge in [0.1, 0.15) is 11.5 Å². The molecule has 0 aliphatic heterocycles. The molecule has 0 radical (unpaired) electrons. The van der Waals surface area contributed by atoms with E-state index >= 15 is 0 Å². The molecule has 0 spiro atoms. The summed E-state index contributed by atoms with van der Waals surface area (Å²) in [5, 5.41) is 4.97. The number of hydrogen-bond donors (Lipinski definition) is 2. The number of aromatic nitrogens is 2. The Hall–Kier alpha value is -3.52. The maximum Gasteiger partial charge on any atom is 0.279 e. The number of hydrazine groups is 1. The highest BCUT2D eigenvalue weighted by atomic mass is 35.5. The summed E-state index contributed by atoms with van der Waals surface area (Å²) in [6.07, 6.45) is 0.648. The SMILES string of the molecule is CCOc1ccc(OC(C)C(=O)NNC(=O)c2cnn(-c3ccc(Cl)cc3)c2C(C)C)cc1. The lowest BCUT2D eigenvalue weighted by Gasteiger charge is -2.16. The van der Waals surface area contributed by atoms with Crippen LogP contribution in [0.5, 0.6) is 11.5 Å². The van der Waals surface area contributed by atoms with Gasteiger partial charge in [-0.1, -0.05) is 25.4 Å². The van der Waals surface area contributed by atoms with E-state index in [1.807, 2.05) is 32.9 Å². The van der Waals surface area contributed by atoms with Crippen molar-refractivity contribution in [2.75, 3.05) is 6.61 Å². The number of nitrogens with one attached hydrogen (secondary N) is 2. The fraction of sp³-hybridized carbons (Fsp3) is 0.292. The van der Waals surface area contributed by atoms with Crippen LogP contribution in [0.4, 0.5) is 0 Å². The first-order valence-electron chi connectivity index (χ1n) is 10.6. The molecule has 1 aromatic heterocycles. The summed E-state index contributed by atoms with van der Waals surface area (Å²) < 4.78 is 12.7. The van der Waals surface area contributed by atoms with Crippen molar-refractivity contribution in [2.24, 2.45) is 0 Å². The first kappa shape index (κ1) is 24.1. The molecule has 2 N–H and O–H groups in total. The lowest BCUT2D eigenvalue weighted by atomic mass is 10.1. The second-order valence-corrected chi connectivity index (χ2v) is 8.03. The molecule has 2 aromatic carbocycles. The molecule has 33 heavy (non-hydrogen) atoms. The molecule has 1 atom stereocenters. The van der Waals surface area contributed by atoms with E-state index in [9.17, 15) is 9.59 Å². The standard InChI is InChI=1S/C24H27ClN4O4/c1-5-32-19-10-12-20(13-11-19)33-16(4)23(30)27-28-24(31)21-14-26-29(22(21)15(2)3)18-8-6-17(25)7-9-18/h6-16H,5H2,1-4H3,(H,27,30)(H,28,31). The zero-order chi connectivity index (χ0) is 24.0. The van der Waals surface area contributed by atoms with E-state index in [0.717, 1.165) is 5.69 Å². The molecule has 3 rings (SSSR count). The van der Waals surface area contributed by atoms with E-state index in [0.29, 0.717) is 34.4 Å². The molecule has 0 bridgehead atoms. The van der Waals surface area contributed by atoms with E-state index in [4.69, 9.17) is 21.1 Å². The molecule has 0 saturated heterocycles. The van der Waals surface area contributed by atoms with Gasteiger partial charge in [-0.2, -0.15) is 5.10 Å². The zero-order valence-corrected chi connectivity index (χ0v) is 19.7. The summed E-state index contributed by atoms with van der Waals surface area (Å²) >= 11 is 5.97. The monoisotopic (exact) mass is 470 g/mol. The van der Waals surface area contributed by atoms with Gasteiger partial charge in [0.25, 0.3) is 11.8 Å². The number of rotatable bonds is 8. The van der Waals surface area contributed by atoms with Crippen LogP contribution >= 0.6 is 11.6 Å². The van der Waals surface area contributed by atoms with Crippen molar-refractivity contribution < 1.29 is 19.1 Å². The zero-order valence-electron chi connectivity index (χ0n) is 19.0. The molecular weight excluding hydrogens is 444 g/mol. The molecule has 3 aromatic rings. The average molecular weight is 471 g/mol. The predicted molar refractivity (Wildman–Crippen MR) is 126 cm³/mol. The average Bonchev–Trinajstić information content (AvgIpc) is 3.25. The molecule has 0 aliphatic rings. The predicted octanol–water partition coefficient (Wildman–Crippen LogP) is 4.28. The smallest absolute Gasteiger partial charge is 0.279 e. The number of benzene rings is 2. The van der Waals surface area contributed by atoms with E-state index in [-0.39, 0.29) is 5.92 Å². The van der Waals surface area contributed by atoms with Gasteiger partial charge in [-0.25, -0.2) is 4.68 Å². The molecule has 174 valence electrons. The van der Waals surface area contributed by atoms with Crippen molar-refractivity contribution in [3.8, 4) is 17.2 Å². The van der Waals surface area contributed by atoms with Crippen molar-refractivity contribution in [3.05, 3.63) is 71.0 Å². The lowest BCUT2D eigenvalue weighted by Crippen LogP contribution is -2.47. The molecule has 0 saturated carbocycles. The van der Waals surface area contributed by atoms with Crippen LogP contribution in [0, 0.1) is 0 Å². The molecule has 1 heterocycles. The van der Waals surface area contributed by atoms with E-state index in [1.54, 1.807) is 48.0 Å². The number of nitrogens with zero attached hydrogens (tertiary/aromatic N) is 2.